The first kappa shape index (κ1) is 18.6. The smallest absolute Gasteiger partial charge is 0.109 e. The molecule has 4 nitrogen and oxygen atoms in total. The molecule has 2 aliphatic rings. The second-order valence-electron chi connectivity index (χ2n) is 8.44. The summed E-state index contributed by atoms with van der Waals surface area (Å²) in [7, 11) is 0. The van der Waals surface area contributed by atoms with Crippen molar-refractivity contribution >= 4 is 0 Å². The van der Waals surface area contributed by atoms with Crippen LogP contribution in [0.4, 0.5) is 0 Å². The Labute approximate surface area is 173 Å². The molecule has 29 heavy (non-hydrogen) atoms. The highest BCUT2D eigenvalue weighted by Gasteiger charge is 2.36. The first-order valence-corrected chi connectivity index (χ1v) is 10.9. The molecular formula is C25H30N4. The molecule has 2 fully saturated rings. The number of imidazole rings is 1. The van der Waals surface area contributed by atoms with Crippen molar-refractivity contribution in [1.29, 1.82) is 0 Å². The van der Waals surface area contributed by atoms with Gasteiger partial charge in [-0.05, 0) is 30.9 Å². The van der Waals surface area contributed by atoms with E-state index < -0.39 is 0 Å². The van der Waals surface area contributed by atoms with Gasteiger partial charge in [0, 0.05) is 43.7 Å². The van der Waals surface area contributed by atoms with Crippen molar-refractivity contribution in [1.82, 2.24) is 20.2 Å². The number of nitrogens with one attached hydrogen (secondary N) is 2. The van der Waals surface area contributed by atoms with Crippen molar-refractivity contribution in [3.8, 4) is 0 Å². The van der Waals surface area contributed by atoms with Gasteiger partial charge in [-0.1, -0.05) is 60.7 Å². The number of benzene rings is 2. The van der Waals surface area contributed by atoms with E-state index in [9.17, 15) is 0 Å². The van der Waals surface area contributed by atoms with Gasteiger partial charge in [0.15, 0.2) is 0 Å². The van der Waals surface area contributed by atoms with Gasteiger partial charge >= 0.3 is 0 Å². The summed E-state index contributed by atoms with van der Waals surface area (Å²) in [5, 5.41) is 3.52. The molecule has 0 radical (unpaired) electrons. The Morgan fingerprint density at radius 3 is 2.03 bits per heavy atom. The predicted molar refractivity (Wildman–Crippen MR) is 117 cm³/mol. The maximum atomic E-state index is 5.20. The summed E-state index contributed by atoms with van der Waals surface area (Å²) >= 11 is 0. The lowest BCUT2D eigenvalue weighted by Gasteiger charge is -2.39. The fraction of sp³-hybridized carbons (Fsp3) is 0.400. The van der Waals surface area contributed by atoms with Gasteiger partial charge in [-0.15, -0.1) is 0 Å². The van der Waals surface area contributed by atoms with Crippen LogP contribution in [0.15, 0.2) is 60.7 Å². The highest BCUT2D eigenvalue weighted by molar-refractivity contribution is 5.38. The van der Waals surface area contributed by atoms with Crippen LogP contribution >= 0.6 is 0 Å². The molecule has 0 bridgehead atoms. The molecule has 4 heteroatoms. The molecule has 2 heterocycles. The summed E-state index contributed by atoms with van der Waals surface area (Å²) in [4.78, 5) is 11.5. The second kappa shape index (κ2) is 8.13. The largest absolute Gasteiger partial charge is 0.346 e. The fourth-order valence-electron chi connectivity index (χ4n) is 4.72. The van der Waals surface area contributed by atoms with Crippen LogP contribution < -0.4 is 5.32 Å². The summed E-state index contributed by atoms with van der Waals surface area (Å²) < 4.78 is 0. The molecule has 1 unspecified atom stereocenters. The molecule has 2 N–H and O–H groups in total. The number of aryl methyl sites for hydroxylation is 1. The van der Waals surface area contributed by atoms with E-state index in [1.807, 2.05) is 0 Å². The number of H-pyrrole nitrogens is 1. The standard InChI is InChI=1S/C25H30N4/c1-18-23(28-25(27-18)21-12-13-21)24(29-16-14-26-15-17-29)22(19-8-4-2-5-9-19)20-10-6-3-7-11-20/h2-11,21-22,24,26H,12-17H2,1H3,(H,27,28). The Kier molecular flexibility index (Phi) is 5.21. The van der Waals surface area contributed by atoms with Crippen LogP contribution in [0.3, 0.4) is 0 Å². The maximum Gasteiger partial charge on any atom is 0.109 e. The number of rotatable bonds is 6. The van der Waals surface area contributed by atoms with Crippen molar-refractivity contribution in [2.75, 3.05) is 26.2 Å². The molecule has 1 aliphatic carbocycles. The second-order valence-corrected chi connectivity index (χ2v) is 8.44. The minimum atomic E-state index is 0.227. The molecule has 0 amide bonds. The molecule has 1 saturated heterocycles. The number of aromatic nitrogens is 2. The van der Waals surface area contributed by atoms with Gasteiger partial charge in [-0.2, -0.15) is 0 Å². The minimum Gasteiger partial charge on any atom is -0.346 e. The van der Waals surface area contributed by atoms with Gasteiger partial charge in [0.2, 0.25) is 0 Å². The third kappa shape index (κ3) is 3.87. The molecule has 3 aromatic rings. The van der Waals surface area contributed by atoms with Gasteiger partial charge in [0.1, 0.15) is 5.82 Å². The zero-order valence-electron chi connectivity index (χ0n) is 17.1. The van der Waals surface area contributed by atoms with Crippen LogP contribution in [-0.4, -0.2) is 41.0 Å². The Hall–Kier alpha value is -2.43. The molecule has 1 aliphatic heterocycles. The van der Waals surface area contributed by atoms with Crippen LogP contribution in [0.5, 0.6) is 0 Å². The minimum absolute atomic E-state index is 0.227. The SMILES string of the molecule is Cc1[nH]c(C2CC2)nc1C(C(c1ccccc1)c1ccccc1)N1CCNCC1. The van der Waals surface area contributed by atoms with E-state index >= 15 is 0 Å². The zero-order chi connectivity index (χ0) is 19.6. The van der Waals surface area contributed by atoms with Crippen molar-refractivity contribution in [3.63, 3.8) is 0 Å². The summed E-state index contributed by atoms with van der Waals surface area (Å²) in [5.74, 6) is 2.08. The summed E-state index contributed by atoms with van der Waals surface area (Å²) in [6.45, 7) is 6.37. The number of hydrogen-bond donors (Lipinski definition) is 2. The van der Waals surface area contributed by atoms with Gasteiger partial charge < -0.3 is 10.3 Å². The van der Waals surface area contributed by atoms with E-state index in [0.29, 0.717) is 5.92 Å². The lowest BCUT2D eigenvalue weighted by atomic mass is 9.82. The molecule has 2 aromatic carbocycles. The highest BCUT2D eigenvalue weighted by atomic mass is 15.2. The van der Waals surface area contributed by atoms with Gasteiger partial charge in [-0.3, -0.25) is 4.90 Å². The highest BCUT2D eigenvalue weighted by Crippen LogP contribution is 2.44. The van der Waals surface area contributed by atoms with Gasteiger partial charge in [0.25, 0.3) is 0 Å². The first-order chi connectivity index (χ1) is 14.3. The van der Waals surface area contributed by atoms with E-state index in [2.05, 4.69) is 82.8 Å². The average molecular weight is 387 g/mol. The van der Waals surface area contributed by atoms with Crippen LogP contribution in [0.1, 0.15) is 59.1 Å². The van der Waals surface area contributed by atoms with Crippen LogP contribution in [0.2, 0.25) is 0 Å². The predicted octanol–water partition coefficient (Wildman–Crippen LogP) is 4.37. The Morgan fingerprint density at radius 1 is 0.897 bits per heavy atom. The quantitative estimate of drug-likeness (QED) is 0.661. The Balaban J connectivity index is 1.64. The van der Waals surface area contributed by atoms with Crippen LogP contribution in [0, 0.1) is 6.92 Å². The number of aromatic amines is 1. The van der Waals surface area contributed by atoms with E-state index in [0.717, 1.165) is 26.2 Å². The molecule has 150 valence electrons. The number of nitrogens with zero attached hydrogens (tertiary/aromatic N) is 2. The van der Waals surface area contributed by atoms with Crippen molar-refractivity contribution in [3.05, 3.63) is 89.0 Å². The maximum absolute atomic E-state index is 5.20. The molecule has 1 saturated carbocycles. The molecule has 5 rings (SSSR count). The number of piperazine rings is 1. The van der Waals surface area contributed by atoms with E-state index in [1.165, 1.54) is 41.2 Å². The first-order valence-electron chi connectivity index (χ1n) is 10.9. The fourth-order valence-corrected chi connectivity index (χ4v) is 4.72. The van der Waals surface area contributed by atoms with Gasteiger partial charge in [-0.25, -0.2) is 4.98 Å². The number of hydrogen-bond acceptors (Lipinski definition) is 3. The Bertz CT molecular complexity index is 884. The third-order valence-electron chi connectivity index (χ3n) is 6.36. The lowest BCUT2D eigenvalue weighted by molar-refractivity contribution is 0.156. The monoisotopic (exact) mass is 386 g/mol. The summed E-state index contributed by atoms with van der Waals surface area (Å²) in [5.41, 5.74) is 5.18. The Morgan fingerprint density at radius 2 is 1.48 bits per heavy atom. The van der Waals surface area contributed by atoms with Crippen LogP contribution in [-0.2, 0) is 0 Å². The zero-order valence-corrected chi connectivity index (χ0v) is 17.1. The normalized spacial score (nSPS) is 18.8. The third-order valence-corrected chi connectivity index (χ3v) is 6.36. The average Bonchev–Trinajstić information content (AvgIpc) is 3.56. The lowest BCUT2D eigenvalue weighted by Crippen LogP contribution is -2.47. The molecule has 1 aromatic heterocycles. The van der Waals surface area contributed by atoms with E-state index in [-0.39, 0.29) is 12.0 Å². The molecular weight excluding hydrogens is 356 g/mol. The van der Waals surface area contributed by atoms with Crippen molar-refractivity contribution in [2.24, 2.45) is 0 Å². The van der Waals surface area contributed by atoms with E-state index in [4.69, 9.17) is 4.98 Å². The van der Waals surface area contributed by atoms with Crippen molar-refractivity contribution in [2.45, 2.75) is 37.6 Å². The molecule has 1 atom stereocenters. The topological polar surface area (TPSA) is 44.0 Å². The van der Waals surface area contributed by atoms with E-state index in [1.54, 1.807) is 0 Å². The summed E-state index contributed by atoms with van der Waals surface area (Å²) in [6.07, 6.45) is 2.54. The summed E-state index contributed by atoms with van der Waals surface area (Å²) in [6, 6.07) is 22.2. The molecule has 0 spiro atoms. The van der Waals surface area contributed by atoms with Gasteiger partial charge in [0.05, 0.1) is 11.7 Å². The van der Waals surface area contributed by atoms with Crippen molar-refractivity contribution < 1.29 is 0 Å². The van der Waals surface area contributed by atoms with Crippen LogP contribution in [0.25, 0.3) is 0 Å².